The van der Waals surface area contributed by atoms with Crippen LogP contribution in [0.4, 0.5) is 0 Å². The van der Waals surface area contributed by atoms with Gasteiger partial charge in [0.15, 0.2) is 0 Å². The van der Waals surface area contributed by atoms with Gasteiger partial charge in [-0.3, -0.25) is 0 Å². The summed E-state index contributed by atoms with van der Waals surface area (Å²) in [6.45, 7) is 4.35. The second-order valence-corrected chi connectivity index (χ2v) is 3.01. The van der Waals surface area contributed by atoms with Gasteiger partial charge in [0.2, 0.25) is 0 Å². The summed E-state index contributed by atoms with van der Waals surface area (Å²) in [5.41, 5.74) is 3.18. The van der Waals surface area contributed by atoms with E-state index in [-0.39, 0.29) is 0 Å². The smallest absolute Gasteiger partial charge is 0.0279 e. The van der Waals surface area contributed by atoms with Crippen molar-refractivity contribution in [2.24, 2.45) is 0 Å². The Morgan fingerprint density at radius 2 is 1.90 bits per heavy atom. The van der Waals surface area contributed by atoms with Crippen LogP contribution in [0.2, 0.25) is 0 Å². The normalized spacial score (nSPS) is 20.6. The zero-order valence-electron chi connectivity index (χ0n) is 6.98. The fraction of sp³-hybridized carbons (Fsp3) is 0.600. The maximum atomic E-state index is 2.26. The lowest BCUT2D eigenvalue weighted by Crippen LogP contribution is -1.94. The molecule has 0 nitrogen and oxygen atoms in total. The van der Waals surface area contributed by atoms with E-state index in [2.05, 4.69) is 26.0 Å². The minimum absolute atomic E-state index is 1.30. The van der Waals surface area contributed by atoms with Crippen LogP contribution in [-0.2, 0) is 0 Å². The lowest BCUT2D eigenvalue weighted by Gasteiger charge is -2.13. The SMILES string of the molecule is C/C=C\C1=C(C)CCCC1. The molecule has 0 aromatic carbocycles. The van der Waals surface area contributed by atoms with Gasteiger partial charge in [0.25, 0.3) is 0 Å². The largest absolute Gasteiger partial charge is 0.0874 e. The first-order valence-corrected chi connectivity index (χ1v) is 4.16. The van der Waals surface area contributed by atoms with Gasteiger partial charge in [-0.25, -0.2) is 0 Å². The van der Waals surface area contributed by atoms with Gasteiger partial charge in [-0.1, -0.05) is 17.7 Å². The van der Waals surface area contributed by atoms with Crippen molar-refractivity contribution < 1.29 is 0 Å². The third kappa shape index (κ3) is 1.73. The standard InChI is InChI=1S/C10H16/c1-3-6-10-8-5-4-7-9(10)2/h3,6H,4-5,7-8H2,1-2H3/b6-3-. The highest BCUT2D eigenvalue weighted by Crippen LogP contribution is 2.24. The molecule has 0 bridgehead atoms. The molecule has 0 amide bonds. The second kappa shape index (κ2) is 3.60. The maximum absolute atomic E-state index is 2.26. The summed E-state index contributed by atoms with van der Waals surface area (Å²) in [4.78, 5) is 0. The van der Waals surface area contributed by atoms with E-state index in [0.717, 1.165) is 0 Å². The molecule has 0 fully saturated rings. The lowest BCUT2D eigenvalue weighted by molar-refractivity contribution is 0.683. The number of hydrogen-bond acceptors (Lipinski definition) is 0. The van der Waals surface area contributed by atoms with Crippen LogP contribution in [0, 0.1) is 0 Å². The average molecular weight is 136 g/mol. The van der Waals surface area contributed by atoms with Gasteiger partial charge in [0.1, 0.15) is 0 Å². The highest BCUT2D eigenvalue weighted by molar-refractivity contribution is 5.25. The topological polar surface area (TPSA) is 0 Å². The van der Waals surface area contributed by atoms with Gasteiger partial charge in [0.05, 0.1) is 0 Å². The Bertz CT molecular complexity index is 161. The first-order chi connectivity index (χ1) is 4.84. The number of allylic oxidation sites excluding steroid dienone is 4. The number of hydrogen-bond donors (Lipinski definition) is 0. The van der Waals surface area contributed by atoms with E-state index in [4.69, 9.17) is 0 Å². The van der Waals surface area contributed by atoms with Gasteiger partial charge in [-0.05, 0) is 45.1 Å². The summed E-state index contributed by atoms with van der Waals surface area (Å²) in [5.74, 6) is 0. The Balaban J connectivity index is 2.68. The van der Waals surface area contributed by atoms with Crippen molar-refractivity contribution in [1.29, 1.82) is 0 Å². The minimum Gasteiger partial charge on any atom is -0.0874 e. The highest BCUT2D eigenvalue weighted by atomic mass is 14.1. The molecule has 1 rings (SSSR count). The first-order valence-electron chi connectivity index (χ1n) is 4.16. The molecule has 0 aliphatic heterocycles. The third-order valence-corrected chi connectivity index (χ3v) is 2.16. The summed E-state index contributed by atoms with van der Waals surface area (Å²) in [6.07, 6.45) is 9.80. The van der Waals surface area contributed by atoms with Crippen molar-refractivity contribution in [1.82, 2.24) is 0 Å². The van der Waals surface area contributed by atoms with Crippen LogP contribution in [0.5, 0.6) is 0 Å². The van der Waals surface area contributed by atoms with Crippen molar-refractivity contribution in [3.8, 4) is 0 Å². The number of rotatable bonds is 1. The molecule has 0 aromatic rings. The van der Waals surface area contributed by atoms with Crippen molar-refractivity contribution in [2.45, 2.75) is 39.5 Å². The molecule has 0 spiro atoms. The molecule has 1 aliphatic carbocycles. The van der Waals surface area contributed by atoms with Gasteiger partial charge in [-0.2, -0.15) is 0 Å². The lowest BCUT2D eigenvalue weighted by atomic mass is 9.93. The second-order valence-electron chi connectivity index (χ2n) is 3.01. The van der Waals surface area contributed by atoms with Crippen LogP contribution in [0.25, 0.3) is 0 Å². The van der Waals surface area contributed by atoms with Crippen LogP contribution in [0.1, 0.15) is 39.5 Å². The van der Waals surface area contributed by atoms with Crippen LogP contribution in [0.15, 0.2) is 23.3 Å². The molecule has 1 aliphatic rings. The van der Waals surface area contributed by atoms with E-state index < -0.39 is 0 Å². The molecule has 0 aromatic heterocycles. The summed E-state index contributed by atoms with van der Waals surface area (Å²) in [7, 11) is 0. The highest BCUT2D eigenvalue weighted by Gasteiger charge is 2.04. The van der Waals surface area contributed by atoms with Crippen LogP contribution < -0.4 is 0 Å². The Hall–Kier alpha value is -0.520. The predicted molar refractivity (Wildman–Crippen MR) is 46.0 cm³/mol. The van der Waals surface area contributed by atoms with Crippen molar-refractivity contribution in [3.63, 3.8) is 0 Å². The van der Waals surface area contributed by atoms with E-state index in [1.807, 2.05) is 0 Å². The minimum atomic E-state index is 1.30. The maximum Gasteiger partial charge on any atom is -0.0279 e. The Labute approximate surface area is 63.6 Å². The van der Waals surface area contributed by atoms with Crippen molar-refractivity contribution in [2.75, 3.05) is 0 Å². The Kier molecular flexibility index (Phi) is 2.73. The predicted octanol–water partition coefficient (Wildman–Crippen LogP) is 3.45. The van der Waals surface area contributed by atoms with Gasteiger partial charge in [-0.15, -0.1) is 0 Å². The zero-order chi connectivity index (χ0) is 7.40. The van der Waals surface area contributed by atoms with Crippen LogP contribution in [-0.4, -0.2) is 0 Å². The quantitative estimate of drug-likeness (QED) is 0.518. The van der Waals surface area contributed by atoms with Gasteiger partial charge < -0.3 is 0 Å². The molecular weight excluding hydrogens is 120 g/mol. The fourth-order valence-electron chi connectivity index (χ4n) is 1.51. The molecule has 10 heavy (non-hydrogen) atoms. The molecule has 0 unspecified atom stereocenters. The molecule has 0 N–H and O–H groups in total. The molecule has 0 atom stereocenters. The van der Waals surface area contributed by atoms with E-state index in [9.17, 15) is 0 Å². The summed E-state index contributed by atoms with van der Waals surface area (Å²) in [6, 6.07) is 0. The molecule has 0 saturated heterocycles. The van der Waals surface area contributed by atoms with E-state index in [1.165, 1.54) is 25.7 Å². The molecular formula is C10H16. The van der Waals surface area contributed by atoms with Crippen LogP contribution in [0.3, 0.4) is 0 Å². The van der Waals surface area contributed by atoms with E-state index in [1.54, 1.807) is 11.1 Å². The molecule has 0 heteroatoms. The third-order valence-electron chi connectivity index (χ3n) is 2.16. The molecule has 0 radical (unpaired) electrons. The zero-order valence-corrected chi connectivity index (χ0v) is 6.98. The van der Waals surface area contributed by atoms with E-state index in [0.29, 0.717) is 0 Å². The average Bonchev–Trinajstić information content (AvgIpc) is 1.94. The molecule has 56 valence electrons. The van der Waals surface area contributed by atoms with Crippen molar-refractivity contribution in [3.05, 3.63) is 23.3 Å². The Morgan fingerprint density at radius 3 is 2.50 bits per heavy atom. The summed E-state index contributed by atoms with van der Waals surface area (Å²) < 4.78 is 0. The van der Waals surface area contributed by atoms with Crippen LogP contribution >= 0.6 is 0 Å². The monoisotopic (exact) mass is 136 g/mol. The fourth-order valence-corrected chi connectivity index (χ4v) is 1.51. The summed E-state index contributed by atoms with van der Waals surface area (Å²) >= 11 is 0. The van der Waals surface area contributed by atoms with Crippen molar-refractivity contribution >= 4 is 0 Å². The van der Waals surface area contributed by atoms with Gasteiger partial charge in [0, 0.05) is 0 Å². The molecule has 0 saturated carbocycles. The van der Waals surface area contributed by atoms with E-state index >= 15 is 0 Å². The summed E-state index contributed by atoms with van der Waals surface area (Å²) in [5, 5.41) is 0. The first kappa shape index (κ1) is 7.59. The molecule has 0 heterocycles. The van der Waals surface area contributed by atoms with Gasteiger partial charge >= 0.3 is 0 Å². The Morgan fingerprint density at radius 1 is 1.20 bits per heavy atom.